The van der Waals surface area contributed by atoms with E-state index in [1.165, 1.54) is 0 Å². The van der Waals surface area contributed by atoms with Gasteiger partial charge in [0.25, 0.3) is 0 Å². The number of rotatable bonds is 6. The molecule has 3 heterocycles. The van der Waals surface area contributed by atoms with Crippen molar-refractivity contribution in [1.82, 2.24) is 15.2 Å². The molecule has 3 rings (SSSR count). The van der Waals surface area contributed by atoms with E-state index < -0.39 is 0 Å². The van der Waals surface area contributed by atoms with Crippen molar-refractivity contribution in [3.63, 3.8) is 0 Å². The maximum Gasteiger partial charge on any atom is 0.223 e. The monoisotopic (exact) mass is 417 g/mol. The molecule has 2 saturated heterocycles. The zero-order valence-corrected chi connectivity index (χ0v) is 17.9. The lowest BCUT2D eigenvalue weighted by molar-refractivity contribution is -0.128. The van der Waals surface area contributed by atoms with Crippen molar-refractivity contribution in [1.29, 1.82) is 0 Å². The van der Waals surface area contributed by atoms with E-state index in [1.54, 1.807) is 0 Å². The molecule has 0 aromatic carbocycles. The van der Waals surface area contributed by atoms with E-state index in [-0.39, 0.29) is 42.7 Å². The van der Waals surface area contributed by atoms with Crippen molar-refractivity contribution < 1.29 is 9.53 Å². The molecule has 27 heavy (non-hydrogen) atoms. The molecule has 0 radical (unpaired) electrons. The van der Waals surface area contributed by atoms with Gasteiger partial charge in [0.15, 0.2) is 0 Å². The lowest BCUT2D eigenvalue weighted by Crippen LogP contribution is -2.45. The van der Waals surface area contributed by atoms with Gasteiger partial charge in [0.05, 0.1) is 0 Å². The topological polar surface area (TPSA) is 54.5 Å². The number of hydrogen-bond donors (Lipinski definition) is 1. The fourth-order valence-electron chi connectivity index (χ4n) is 4.00. The van der Waals surface area contributed by atoms with Crippen molar-refractivity contribution in [3.8, 4) is 0 Å². The molecule has 7 heteroatoms. The second kappa shape index (κ2) is 11.8. The van der Waals surface area contributed by atoms with Gasteiger partial charge in [0, 0.05) is 63.1 Å². The Hall–Kier alpha value is -0.880. The van der Waals surface area contributed by atoms with E-state index >= 15 is 0 Å². The highest BCUT2D eigenvalue weighted by atomic mass is 35.5. The molecule has 154 valence electrons. The van der Waals surface area contributed by atoms with Crippen LogP contribution >= 0.6 is 24.8 Å². The van der Waals surface area contributed by atoms with E-state index in [1.807, 2.05) is 18.3 Å². The summed E-state index contributed by atoms with van der Waals surface area (Å²) in [6.07, 6.45) is 4.53. The first-order valence-corrected chi connectivity index (χ1v) is 9.64. The number of nitrogens with zero attached hydrogens (tertiary/aromatic N) is 2. The number of aromatic nitrogens is 1. The Labute approximate surface area is 175 Å². The average Bonchev–Trinajstić information content (AvgIpc) is 3.04. The van der Waals surface area contributed by atoms with Crippen LogP contribution in [0.3, 0.4) is 0 Å². The summed E-state index contributed by atoms with van der Waals surface area (Å²) in [5.41, 5.74) is 1.14. The molecule has 0 unspecified atom stereocenters. The number of likely N-dealkylation sites (tertiary alicyclic amines) is 1. The molecule has 0 saturated carbocycles. The third-order valence-corrected chi connectivity index (χ3v) is 5.63. The van der Waals surface area contributed by atoms with Gasteiger partial charge in [0.2, 0.25) is 5.91 Å². The van der Waals surface area contributed by atoms with Crippen LogP contribution in [0.4, 0.5) is 0 Å². The third kappa shape index (κ3) is 6.90. The summed E-state index contributed by atoms with van der Waals surface area (Å²) in [5, 5.41) is 3.36. The molecule has 2 fully saturated rings. The number of amides is 1. The molecule has 0 bridgehead atoms. The van der Waals surface area contributed by atoms with Gasteiger partial charge in [0.1, 0.15) is 0 Å². The van der Waals surface area contributed by atoms with E-state index in [9.17, 15) is 4.79 Å². The minimum atomic E-state index is 0. The van der Waals surface area contributed by atoms with Crippen molar-refractivity contribution in [2.45, 2.75) is 39.2 Å². The van der Waals surface area contributed by atoms with E-state index in [4.69, 9.17) is 4.74 Å². The van der Waals surface area contributed by atoms with Crippen molar-refractivity contribution >= 4 is 30.7 Å². The molecule has 1 aromatic heterocycles. The standard InChI is InChI=1S/C20H31N3O2.2ClH/c1-15(2)18-13-23(10-6-17-5-3-4-9-21-17)14-19(18)22-20(24)16-7-11-25-12-8-16;;/h3-5,9,15-16,18-19H,6-8,10-14H2,1-2H3,(H,22,24);2*1H/t18-,19+;;/m1../s1. The highest BCUT2D eigenvalue weighted by Crippen LogP contribution is 2.25. The summed E-state index contributed by atoms with van der Waals surface area (Å²) in [7, 11) is 0. The largest absolute Gasteiger partial charge is 0.381 e. The SMILES string of the molecule is CC(C)[C@H]1CN(CCc2ccccn2)C[C@@H]1NC(=O)C1CCOCC1.Cl.Cl. The van der Waals surface area contributed by atoms with Gasteiger partial charge in [-0.3, -0.25) is 9.78 Å². The Bertz CT molecular complexity index is 553. The molecule has 1 amide bonds. The predicted molar refractivity (Wildman–Crippen MR) is 113 cm³/mol. The molecular formula is C20H33Cl2N3O2. The lowest BCUT2D eigenvalue weighted by Gasteiger charge is -2.27. The zero-order valence-electron chi connectivity index (χ0n) is 16.3. The van der Waals surface area contributed by atoms with Crippen LogP contribution in [0.15, 0.2) is 24.4 Å². The zero-order chi connectivity index (χ0) is 17.6. The second-order valence-electron chi connectivity index (χ2n) is 7.74. The number of halogens is 2. The number of nitrogens with one attached hydrogen (secondary N) is 1. The number of ether oxygens (including phenoxy) is 1. The maximum atomic E-state index is 12.6. The molecule has 5 nitrogen and oxygen atoms in total. The van der Waals surface area contributed by atoms with Gasteiger partial charge < -0.3 is 15.0 Å². The van der Waals surface area contributed by atoms with Gasteiger partial charge in [-0.05, 0) is 36.8 Å². The summed E-state index contributed by atoms with van der Waals surface area (Å²) in [4.78, 5) is 19.5. The fraction of sp³-hybridized carbons (Fsp3) is 0.700. The highest BCUT2D eigenvalue weighted by Gasteiger charge is 2.36. The van der Waals surface area contributed by atoms with Crippen LogP contribution in [-0.4, -0.2) is 54.7 Å². The first-order valence-electron chi connectivity index (χ1n) is 9.64. The van der Waals surface area contributed by atoms with Crippen LogP contribution in [0.25, 0.3) is 0 Å². The summed E-state index contributed by atoms with van der Waals surface area (Å²) in [6, 6.07) is 6.34. The summed E-state index contributed by atoms with van der Waals surface area (Å²) in [5.74, 6) is 1.45. The van der Waals surface area contributed by atoms with E-state index in [2.05, 4.69) is 35.1 Å². The van der Waals surface area contributed by atoms with Crippen molar-refractivity contribution in [3.05, 3.63) is 30.1 Å². The number of pyridine rings is 1. The smallest absolute Gasteiger partial charge is 0.223 e. The Morgan fingerprint density at radius 2 is 2.00 bits per heavy atom. The molecule has 2 aliphatic heterocycles. The first kappa shape index (κ1) is 24.2. The van der Waals surface area contributed by atoms with Crippen LogP contribution < -0.4 is 5.32 Å². The van der Waals surface area contributed by atoms with Crippen molar-refractivity contribution in [2.75, 3.05) is 32.8 Å². The van der Waals surface area contributed by atoms with Crippen molar-refractivity contribution in [2.24, 2.45) is 17.8 Å². The van der Waals surface area contributed by atoms with Gasteiger partial charge in [-0.15, -0.1) is 24.8 Å². The predicted octanol–water partition coefficient (Wildman–Crippen LogP) is 2.97. The summed E-state index contributed by atoms with van der Waals surface area (Å²) in [6.45, 7) is 8.97. The van der Waals surface area contributed by atoms with Gasteiger partial charge in [-0.2, -0.15) is 0 Å². The van der Waals surface area contributed by atoms with E-state index in [0.29, 0.717) is 25.0 Å². The Kier molecular flexibility index (Phi) is 10.6. The molecular weight excluding hydrogens is 385 g/mol. The quantitative estimate of drug-likeness (QED) is 0.772. The Balaban J connectivity index is 0.00000182. The van der Waals surface area contributed by atoms with Crippen LogP contribution in [0, 0.1) is 17.8 Å². The molecule has 0 spiro atoms. The third-order valence-electron chi connectivity index (χ3n) is 5.63. The van der Waals surface area contributed by atoms with Crippen LogP contribution in [0.1, 0.15) is 32.4 Å². The Morgan fingerprint density at radius 1 is 1.26 bits per heavy atom. The second-order valence-corrected chi connectivity index (χ2v) is 7.74. The summed E-state index contributed by atoms with van der Waals surface area (Å²) < 4.78 is 5.38. The molecule has 1 aromatic rings. The lowest BCUT2D eigenvalue weighted by atomic mass is 9.90. The van der Waals surface area contributed by atoms with Crippen LogP contribution in [-0.2, 0) is 16.0 Å². The normalized spacial score (nSPS) is 23.5. The van der Waals surface area contributed by atoms with Crippen LogP contribution in [0.2, 0.25) is 0 Å². The van der Waals surface area contributed by atoms with Crippen LogP contribution in [0.5, 0.6) is 0 Å². The molecule has 0 aliphatic carbocycles. The Morgan fingerprint density at radius 3 is 2.63 bits per heavy atom. The number of carbonyl (C=O) groups excluding carboxylic acids is 1. The van der Waals surface area contributed by atoms with E-state index in [0.717, 1.165) is 44.6 Å². The van der Waals surface area contributed by atoms with Gasteiger partial charge >= 0.3 is 0 Å². The van der Waals surface area contributed by atoms with Gasteiger partial charge in [-0.25, -0.2) is 0 Å². The average molecular weight is 418 g/mol. The summed E-state index contributed by atoms with van der Waals surface area (Å²) >= 11 is 0. The fourth-order valence-corrected chi connectivity index (χ4v) is 4.00. The minimum Gasteiger partial charge on any atom is -0.381 e. The maximum absolute atomic E-state index is 12.6. The minimum absolute atomic E-state index is 0. The number of hydrogen-bond acceptors (Lipinski definition) is 4. The van der Waals surface area contributed by atoms with Gasteiger partial charge in [-0.1, -0.05) is 19.9 Å². The molecule has 2 atom stereocenters. The first-order chi connectivity index (χ1) is 12.1. The molecule has 1 N–H and O–H groups in total. The molecule has 2 aliphatic rings. The highest BCUT2D eigenvalue weighted by molar-refractivity contribution is 5.85. The number of carbonyl (C=O) groups is 1.